The van der Waals surface area contributed by atoms with E-state index in [1.54, 1.807) is 0 Å². The maximum Gasteiger partial charge on any atom is 0.233 e. The van der Waals surface area contributed by atoms with Gasteiger partial charge in [-0.1, -0.05) is 12.1 Å². The summed E-state index contributed by atoms with van der Waals surface area (Å²) in [6.07, 6.45) is 4.30. The number of nitrogens with two attached hydrogens (primary N) is 1. The van der Waals surface area contributed by atoms with E-state index in [0.717, 1.165) is 31.2 Å². The van der Waals surface area contributed by atoms with Crippen LogP contribution in [-0.2, 0) is 16.0 Å². The molecule has 102 valence electrons. The highest BCUT2D eigenvalue weighted by atomic mass is 16.2. The molecule has 1 saturated heterocycles. The zero-order chi connectivity index (χ0) is 13.7. The summed E-state index contributed by atoms with van der Waals surface area (Å²) in [5, 5.41) is 0. The maximum atomic E-state index is 12.0. The molecule has 0 aromatic heterocycles. The topological polar surface area (TPSA) is 63.4 Å². The summed E-state index contributed by atoms with van der Waals surface area (Å²) in [6, 6.07) is 7.66. The van der Waals surface area contributed by atoms with Crippen LogP contribution < -0.4 is 10.6 Å². The predicted molar refractivity (Wildman–Crippen MR) is 74.8 cm³/mol. The Balaban J connectivity index is 2.23. The van der Waals surface area contributed by atoms with Crippen LogP contribution in [-0.4, -0.2) is 18.4 Å². The standard InChI is InChI=1S/C15H20N2O2/c16-10-4-6-12-5-3-7-13(11-12)17-14(18)8-1-2-9-15(17)19/h3,5,7,11H,1-2,4,6,8-10,16H2. The number of carbonyl (C=O) groups is 2. The highest BCUT2D eigenvalue weighted by molar-refractivity contribution is 6.15. The third-order valence-electron chi connectivity index (χ3n) is 3.37. The zero-order valence-corrected chi connectivity index (χ0v) is 11.1. The quantitative estimate of drug-likeness (QED) is 0.842. The third kappa shape index (κ3) is 3.41. The number of nitrogens with zero attached hydrogens (tertiary/aromatic N) is 1. The first kappa shape index (κ1) is 13.7. The monoisotopic (exact) mass is 260 g/mol. The molecule has 0 bridgehead atoms. The second-order valence-corrected chi connectivity index (χ2v) is 4.89. The normalized spacial score (nSPS) is 16.6. The lowest BCUT2D eigenvalue weighted by molar-refractivity contribution is -0.125. The van der Waals surface area contributed by atoms with Crippen LogP contribution in [0.5, 0.6) is 0 Å². The van der Waals surface area contributed by atoms with Gasteiger partial charge in [0.15, 0.2) is 0 Å². The minimum Gasteiger partial charge on any atom is -0.330 e. The highest BCUT2D eigenvalue weighted by Gasteiger charge is 2.25. The first-order valence-electron chi connectivity index (χ1n) is 6.87. The van der Waals surface area contributed by atoms with Gasteiger partial charge >= 0.3 is 0 Å². The molecule has 1 aromatic carbocycles. The van der Waals surface area contributed by atoms with E-state index >= 15 is 0 Å². The molecule has 2 N–H and O–H groups in total. The van der Waals surface area contributed by atoms with Crippen molar-refractivity contribution in [1.82, 2.24) is 0 Å². The Morgan fingerprint density at radius 3 is 2.42 bits per heavy atom. The number of imide groups is 1. The Hall–Kier alpha value is -1.68. The van der Waals surface area contributed by atoms with Gasteiger partial charge in [0.25, 0.3) is 0 Å². The molecule has 0 atom stereocenters. The molecule has 19 heavy (non-hydrogen) atoms. The van der Waals surface area contributed by atoms with Crippen LogP contribution in [0.1, 0.15) is 37.7 Å². The van der Waals surface area contributed by atoms with E-state index in [2.05, 4.69) is 0 Å². The Morgan fingerprint density at radius 2 is 1.79 bits per heavy atom. The maximum absolute atomic E-state index is 12.0. The van der Waals surface area contributed by atoms with Crippen LogP contribution in [0, 0.1) is 0 Å². The van der Waals surface area contributed by atoms with E-state index in [4.69, 9.17) is 5.73 Å². The van der Waals surface area contributed by atoms with Gasteiger partial charge in [-0.2, -0.15) is 0 Å². The number of anilines is 1. The van der Waals surface area contributed by atoms with Gasteiger partial charge < -0.3 is 5.73 Å². The minimum absolute atomic E-state index is 0.0847. The molecule has 1 aliphatic rings. The molecule has 4 nitrogen and oxygen atoms in total. The van der Waals surface area contributed by atoms with Crippen molar-refractivity contribution < 1.29 is 9.59 Å². The number of amides is 2. The number of carbonyl (C=O) groups excluding carboxylic acids is 2. The number of aryl methyl sites for hydroxylation is 1. The molecule has 1 aliphatic heterocycles. The summed E-state index contributed by atoms with van der Waals surface area (Å²) in [5.74, 6) is -0.169. The van der Waals surface area contributed by atoms with Crippen molar-refractivity contribution in [3.8, 4) is 0 Å². The van der Waals surface area contributed by atoms with E-state index in [9.17, 15) is 9.59 Å². The van der Waals surface area contributed by atoms with Crippen LogP contribution in [0.4, 0.5) is 5.69 Å². The van der Waals surface area contributed by atoms with E-state index in [1.165, 1.54) is 4.90 Å². The Kier molecular flexibility index (Phi) is 4.68. The average molecular weight is 260 g/mol. The first-order chi connectivity index (χ1) is 9.22. The Labute approximate surface area is 113 Å². The predicted octanol–water partition coefficient (Wildman–Crippen LogP) is 2.01. The molecule has 1 heterocycles. The van der Waals surface area contributed by atoms with E-state index < -0.39 is 0 Å². The Morgan fingerprint density at radius 1 is 1.11 bits per heavy atom. The van der Waals surface area contributed by atoms with Crippen LogP contribution in [0.3, 0.4) is 0 Å². The molecule has 2 amide bonds. The van der Waals surface area contributed by atoms with E-state index in [-0.39, 0.29) is 11.8 Å². The summed E-state index contributed by atoms with van der Waals surface area (Å²) in [5.41, 5.74) is 7.32. The van der Waals surface area contributed by atoms with Crippen LogP contribution in [0.15, 0.2) is 24.3 Å². The fourth-order valence-electron chi connectivity index (χ4n) is 2.36. The van der Waals surface area contributed by atoms with Crippen molar-refractivity contribution in [2.24, 2.45) is 5.73 Å². The molecule has 0 radical (unpaired) electrons. The summed E-state index contributed by atoms with van der Waals surface area (Å²) < 4.78 is 0. The van der Waals surface area contributed by atoms with Crippen molar-refractivity contribution in [1.29, 1.82) is 0 Å². The van der Waals surface area contributed by atoms with Crippen molar-refractivity contribution in [3.05, 3.63) is 29.8 Å². The number of hydrogen-bond donors (Lipinski definition) is 1. The summed E-state index contributed by atoms with van der Waals surface area (Å²) in [4.78, 5) is 25.4. The molecular weight excluding hydrogens is 240 g/mol. The first-order valence-corrected chi connectivity index (χ1v) is 6.87. The minimum atomic E-state index is -0.0847. The van der Waals surface area contributed by atoms with Gasteiger partial charge in [-0.15, -0.1) is 0 Å². The molecule has 1 aromatic rings. The second kappa shape index (κ2) is 6.48. The smallest absolute Gasteiger partial charge is 0.233 e. The van der Waals surface area contributed by atoms with Crippen molar-refractivity contribution >= 4 is 17.5 Å². The number of hydrogen-bond acceptors (Lipinski definition) is 3. The third-order valence-corrected chi connectivity index (χ3v) is 3.37. The van der Waals surface area contributed by atoms with Crippen LogP contribution in [0.2, 0.25) is 0 Å². The molecule has 0 spiro atoms. The van der Waals surface area contributed by atoms with Crippen molar-refractivity contribution in [3.63, 3.8) is 0 Å². The van der Waals surface area contributed by atoms with E-state index in [1.807, 2.05) is 24.3 Å². The van der Waals surface area contributed by atoms with Gasteiger partial charge in [-0.3, -0.25) is 14.5 Å². The SMILES string of the molecule is NCCCc1cccc(N2C(=O)CCCCC2=O)c1. The molecule has 0 unspecified atom stereocenters. The largest absolute Gasteiger partial charge is 0.330 e. The number of rotatable bonds is 4. The molecule has 0 aliphatic carbocycles. The van der Waals surface area contributed by atoms with Gasteiger partial charge in [0, 0.05) is 12.8 Å². The summed E-state index contributed by atoms with van der Waals surface area (Å²) in [6.45, 7) is 0.645. The highest BCUT2D eigenvalue weighted by Crippen LogP contribution is 2.22. The van der Waals surface area contributed by atoms with Gasteiger partial charge in [0.1, 0.15) is 0 Å². The van der Waals surface area contributed by atoms with Crippen LogP contribution in [0.25, 0.3) is 0 Å². The second-order valence-electron chi connectivity index (χ2n) is 4.89. The lowest BCUT2D eigenvalue weighted by Crippen LogP contribution is -2.35. The fraction of sp³-hybridized carbons (Fsp3) is 0.467. The van der Waals surface area contributed by atoms with Gasteiger partial charge in [0.2, 0.25) is 11.8 Å². The van der Waals surface area contributed by atoms with Gasteiger partial charge in [0.05, 0.1) is 5.69 Å². The molecule has 0 saturated carbocycles. The lowest BCUT2D eigenvalue weighted by Gasteiger charge is -2.19. The van der Waals surface area contributed by atoms with Crippen LogP contribution >= 0.6 is 0 Å². The van der Waals surface area contributed by atoms with Crippen molar-refractivity contribution in [2.75, 3.05) is 11.4 Å². The Bertz CT molecular complexity index is 453. The zero-order valence-electron chi connectivity index (χ0n) is 11.1. The average Bonchev–Trinajstić information content (AvgIpc) is 2.58. The molecule has 2 rings (SSSR count). The lowest BCUT2D eigenvalue weighted by atomic mass is 10.1. The summed E-state index contributed by atoms with van der Waals surface area (Å²) in [7, 11) is 0. The fourth-order valence-corrected chi connectivity index (χ4v) is 2.36. The number of benzene rings is 1. The van der Waals surface area contributed by atoms with Gasteiger partial charge in [-0.25, -0.2) is 0 Å². The molecule has 4 heteroatoms. The van der Waals surface area contributed by atoms with E-state index in [0.29, 0.717) is 25.1 Å². The van der Waals surface area contributed by atoms with Gasteiger partial charge in [-0.05, 0) is 49.9 Å². The molecule has 1 fully saturated rings. The van der Waals surface area contributed by atoms with Crippen molar-refractivity contribution in [2.45, 2.75) is 38.5 Å². The molecular formula is C15H20N2O2. The summed E-state index contributed by atoms with van der Waals surface area (Å²) >= 11 is 0.